The predicted octanol–water partition coefficient (Wildman–Crippen LogP) is 3.68. The van der Waals surface area contributed by atoms with Crippen LogP contribution in [0.4, 0.5) is 0 Å². The van der Waals surface area contributed by atoms with Gasteiger partial charge in [-0.15, -0.1) is 0 Å². The van der Waals surface area contributed by atoms with Crippen molar-refractivity contribution < 1.29 is 0 Å². The minimum atomic E-state index is 0.585. The Morgan fingerprint density at radius 2 is 2.00 bits per heavy atom. The molecule has 1 aromatic heterocycles. The first-order valence-corrected chi connectivity index (χ1v) is 5.34. The van der Waals surface area contributed by atoms with Crippen LogP contribution < -0.4 is 0 Å². The Morgan fingerprint density at radius 3 is 2.81 bits per heavy atom. The minimum Gasteiger partial charge on any atom is -0.338 e. The molecular weight excluding hydrogens is 220 g/mol. The van der Waals surface area contributed by atoms with Gasteiger partial charge in [-0.05, 0) is 18.2 Å². The van der Waals surface area contributed by atoms with E-state index in [4.69, 9.17) is 11.6 Å². The number of para-hydroxylation sites is 2. The van der Waals surface area contributed by atoms with E-state index in [0.29, 0.717) is 5.02 Å². The molecule has 0 spiro atoms. The van der Waals surface area contributed by atoms with E-state index in [1.807, 2.05) is 36.4 Å². The fourth-order valence-corrected chi connectivity index (χ4v) is 1.90. The summed E-state index contributed by atoms with van der Waals surface area (Å²) in [5.41, 5.74) is 2.83. The van der Waals surface area contributed by atoms with Gasteiger partial charge in [0.05, 0.1) is 16.1 Å². The maximum absolute atomic E-state index is 6.07. The Hall–Kier alpha value is -1.80. The Balaban J connectivity index is 2.23. The van der Waals surface area contributed by atoms with Crippen molar-refractivity contribution in [2.45, 2.75) is 0 Å². The molecule has 2 aromatic carbocycles. The van der Waals surface area contributed by atoms with Crippen molar-refractivity contribution >= 4 is 22.6 Å². The van der Waals surface area contributed by atoms with Crippen molar-refractivity contribution in [3.05, 3.63) is 53.6 Å². The normalized spacial score (nSPS) is 10.8. The molecule has 1 N–H and O–H groups in total. The molecule has 3 heteroatoms. The Morgan fingerprint density at radius 1 is 1.12 bits per heavy atom. The lowest BCUT2D eigenvalue weighted by molar-refractivity contribution is 1.34. The molecule has 3 rings (SSSR count). The number of nitrogens with zero attached hydrogens (tertiary/aromatic N) is 1. The van der Waals surface area contributed by atoms with Gasteiger partial charge in [-0.2, -0.15) is 0 Å². The van der Waals surface area contributed by atoms with E-state index in [1.165, 1.54) is 0 Å². The number of fused-ring (bicyclic) bond motifs is 1. The first-order chi connectivity index (χ1) is 7.84. The first-order valence-electron chi connectivity index (χ1n) is 4.96. The van der Waals surface area contributed by atoms with Gasteiger partial charge >= 0.3 is 0 Å². The minimum absolute atomic E-state index is 0.585. The number of hydrogen-bond donors (Lipinski definition) is 1. The van der Waals surface area contributed by atoms with Gasteiger partial charge in [0, 0.05) is 11.6 Å². The highest BCUT2D eigenvalue weighted by molar-refractivity contribution is 6.33. The lowest BCUT2D eigenvalue weighted by Gasteiger charge is -1.97. The van der Waals surface area contributed by atoms with E-state index >= 15 is 0 Å². The van der Waals surface area contributed by atoms with Crippen molar-refractivity contribution in [3.63, 3.8) is 0 Å². The molecule has 0 unspecified atom stereocenters. The number of imidazole rings is 1. The van der Waals surface area contributed by atoms with Crippen LogP contribution in [0, 0.1) is 6.07 Å². The van der Waals surface area contributed by atoms with Gasteiger partial charge < -0.3 is 4.98 Å². The third-order valence-electron chi connectivity index (χ3n) is 2.45. The lowest BCUT2D eigenvalue weighted by atomic mass is 10.2. The molecule has 1 heterocycles. The lowest BCUT2D eigenvalue weighted by Crippen LogP contribution is -1.81. The zero-order chi connectivity index (χ0) is 11.0. The summed E-state index contributed by atoms with van der Waals surface area (Å²) < 4.78 is 0. The summed E-state index contributed by atoms with van der Waals surface area (Å²) in [5, 5.41) is 0.585. The van der Waals surface area contributed by atoms with Crippen LogP contribution in [-0.4, -0.2) is 9.97 Å². The molecule has 0 bridgehead atoms. The van der Waals surface area contributed by atoms with Gasteiger partial charge in [0.25, 0.3) is 0 Å². The number of H-pyrrole nitrogens is 1. The van der Waals surface area contributed by atoms with Gasteiger partial charge in [0.15, 0.2) is 0 Å². The second-order valence-corrected chi connectivity index (χ2v) is 3.88. The van der Waals surface area contributed by atoms with E-state index in [0.717, 1.165) is 22.4 Å². The third-order valence-corrected chi connectivity index (χ3v) is 2.76. The molecule has 0 saturated heterocycles. The molecule has 0 aliphatic heterocycles. The van der Waals surface area contributed by atoms with Gasteiger partial charge in [0.1, 0.15) is 5.82 Å². The largest absolute Gasteiger partial charge is 0.338 e. The zero-order valence-corrected chi connectivity index (χ0v) is 9.12. The second kappa shape index (κ2) is 3.65. The van der Waals surface area contributed by atoms with Crippen LogP contribution >= 0.6 is 11.6 Å². The van der Waals surface area contributed by atoms with Crippen molar-refractivity contribution in [2.75, 3.05) is 0 Å². The number of aromatic amines is 1. The van der Waals surface area contributed by atoms with Gasteiger partial charge in [-0.25, -0.2) is 4.98 Å². The Kier molecular flexibility index (Phi) is 2.15. The average Bonchev–Trinajstić information content (AvgIpc) is 2.73. The quantitative estimate of drug-likeness (QED) is 0.675. The van der Waals surface area contributed by atoms with Gasteiger partial charge in [-0.1, -0.05) is 35.9 Å². The van der Waals surface area contributed by atoms with Crippen LogP contribution in [0.15, 0.2) is 42.5 Å². The zero-order valence-electron chi connectivity index (χ0n) is 8.37. The first kappa shape index (κ1) is 9.43. The number of benzene rings is 2. The standard InChI is InChI=1S/C13H8ClN2/c14-10-6-2-1-5-9(10)13-15-11-7-3-4-8-12(11)16-13/h1-5,7-8H,(H,15,16). The molecule has 1 radical (unpaired) electrons. The summed E-state index contributed by atoms with van der Waals surface area (Å²) >= 11 is 6.07. The molecule has 16 heavy (non-hydrogen) atoms. The summed E-state index contributed by atoms with van der Waals surface area (Å²) in [4.78, 5) is 7.72. The highest BCUT2D eigenvalue weighted by Crippen LogP contribution is 2.26. The molecule has 2 nitrogen and oxygen atoms in total. The molecule has 0 fully saturated rings. The smallest absolute Gasteiger partial charge is 0.140 e. The fourth-order valence-electron chi connectivity index (χ4n) is 1.68. The van der Waals surface area contributed by atoms with Crippen molar-refractivity contribution in [2.24, 2.45) is 0 Å². The number of rotatable bonds is 1. The molecule has 0 aliphatic carbocycles. The highest BCUT2D eigenvalue weighted by Gasteiger charge is 2.07. The van der Waals surface area contributed by atoms with Crippen LogP contribution in [0.2, 0.25) is 5.02 Å². The number of aromatic nitrogens is 2. The fraction of sp³-hybridized carbons (Fsp3) is 0. The van der Waals surface area contributed by atoms with E-state index in [9.17, 15) is 0 Å². The van der Waals surface area contributed by atoms with Crippen molar-refractivity contribution in [3.8, 4) is 11.4 Å². The van der Waals surface area contributed by atoms with E-state index in [2.05, 4.69) is 16.0 Å². The van der Waals surface area contributed by atoms with Crippen LogP contribution in [0.25, 0.3) is 22.4 Å². The highest BCUT2D eigenvalue weighted by atomic mass is 35.5. The maximum atomic E-state index is 6.07. The summed E-state index contributed by atoms with van der Waals surface area (Å²) in [6, 6.07) is 16.5. The number of halogens is 1. The van der Waals surface area contributed by atoms with E-state index < -0.39 is 0 Å². The monoisotopic (exact) mass is 227 g/mol. The van der Waals surface area contributed by atoms with E-state index in [-0.39, 0.29) is 0 Å². The average molecular weight is 228 g/mol. The van der Waals surface area contributed by atoms with Crippen LogP contribution in [-0.2, 0) is 0 Å². The molecule has 77 valence electrons. The Bertz CT molecular complexity index is 610. The summed E-state index contributed by atoms with van der Waals surface area (Å²) in [6.07, 6.45) is 0. The SMILES string of the molecule is Clc1[c]cccc1-c1nc2ccccc2[nH]1. The van der Waals surface area contributed by atoms with Crippen LogP contribution in [0.3, 0.4) is 0 Å². The number of nitrogens with one attached hydrogen (secondary N) is 1. The number of hydrogen-bond acceptors (Lipinski definition) is 1. The van der Waals surface area contributed by atoms with Gasteiger partial charge in [-0.3, -0.25) is 0 Å². The summed E-state index contributed by atoms with van der Waals surface area (Å²) in [5.74, 6) is 0.781. The van der Waals surface area contributed by atoms with Crippen LogP contribution in [0.1, 0.15) is 0 Å². The molecule has 0 amide bonds. The van der Waals surface area contributed by atoms with Crippen molar-refractivity contribution in [1.82, 2.24) is 9.97 Å². The summed E-state index contributed by atoms with van der Waals surface area (Å²) in [7, 11) is 0. The van der Waals surface area contributed by atoms with Gasteiger partial charge in [0.2, 0.25) is 0 Å². The maximum Gasteiger partial charge on any atom is 0.140 e. The topological polar surface area (TPSA) is 28.7 Å². The molecular formula is C13H8ClN2. The summed E-state index contributed by atoms with van der Waals surface area (Å²) in [6.45, 7) is 0. The molecule has 0 atom stereocenters. The molecule has 0 aliphatic rings. The second-order valence-electron chi connectivity index (χ2n) is 3.50. The van der Waals surface area contributed by atoms with E-state index in [1.54, 1.807) is 6.07 Å². The Labute approximate surface area is 97.9 Å². The third kappa shape index (κ3) is 1.48. The van der Waals surface area contributed by atoms with Crippen LogP contribution in [0.5, 0.6) is 0 Å². The molecule has 0 saturated carbocycles. The van der Waals surface area contributed by atoms with Crippen molar-refractivity contribution in [1.29, 1.82) is 0 Å². The predicted molar refractivity (Wildman–Crippen MR) is 65.4 cm³/mol. The molecule has 3 aromatic rings.